The highest BCUT2D eigenvalue weighted by molar-refractivity contribution is 6.35. The monoisotopic (exact) mass is 399 g/mol. The second kappa shape index (κ2) is 9.16. The molecule has 0 radical (unpaired) electrons. The Bertz CT molecular complexity index is 906. The van der Waals surface area contributed by atoms with E-state index in [1.807, 2.05) is 48.5 Å². The first kappa shape index (κ1) is 18.9. The molecule has 0 bridgehead atoms. The average Bonchev–Trinajstić information content (AvgIpc) is 2.69. The smallest absolute Gasteiger partial charge is 0.277 e. The van der Waals surface area contributed by atoms with Crippen LogP contribution in [-0.2, 0) is 4.79 Å². The summed E-state index contributed by atoms with van der Waals surface area (Å²) in [4.78, 5) is 16.4. The maximum atomic E-state index is 12.1. The third kappa shape index (κ3) is 5.29. The van der Waals surface area contributed by atoms with Crippen LogP contribution in [0.5, 0.6) is 5.75 Å². The predicted octanol–water partition coefficient (Wildman–Crippen LogP) is 4.34. The number of carbonyl (C=O) groups is 1. The molecule has 1 N–H and O–H groups in total. The topological polar surface area (TPSA) is 63.6 Å². The van der Waals surface area contributed by atoms with Gasteiger partial charge >= 0.3 is 0 Å². The average molecular weight is 400 g/mol. The molecule has 3 rings (SSSR count). The third-order valence-electron chi connectivity index (χ3n) is 3.50. The van der Waals surface area contributed by atoms with E-state index in [1.165, 1.54) is 0 Å². The molecule has 0 saturated carbocycles. The number of hydrogen-bond donors (Lipinski definition) is 1. The fraction of sp³-hybridized carbons (Fsp3) is 0.0500. The second-order valence-electron chi connectivity index (χ2n) is 5.44. The number of amides is 1. The zero-order chi connectivity index (χ0) is 19.1. The molecule has 0 atom stereocenters. The van der Waals surface area contributed by atoms with Gasteiger partial charge in [0.05, 0.1) is 10.7 Å². The molecule has 5 nitrogen and oxygen atoms in total. The lowest BCUT2D eigenvalue weighted by atomic mass is 10.1. The van der Waals surface area contributed by atoms with E-state index in [9.17, 15) is 4.79 Å². The lowest BCUT2D eigenvalue weighted by molar-refractivity contribution is -0.123. The van der Waals surface area contributed by atoms with E-state index < -0.39 is 5.91 Å². The zero-order valence-electron chi connectivity index (χ0n) is 14.1. The van der Waals surface area contributed by atoms with E-state index in [0.29, 0.717) is 27.2 Å². The Labute approximate surface area is 166 Å². The Morgan fingerprint density at radius 2 is 1.81 bits per heavy atom. The lowest BCUT2D eigenvalue weighted by Gasteiger charge is -2.09. The fourth-order valence-electron chi connectivity index (χ4n) is 2.25. The van der Waals surface area contributed by atoms with E-state index in [4.69, 9.17) is 27.9 Å². The van der Waals surface area contributed by atoms with Crippen molar-refractivity contribution in [2.45, 2.75) is 0 Å². The predicted molar refractivity (Wildman–Crippen MR) is 106 cm³/mol. The van der Waals surface area contributed by atoms with E-state index in [1.54, 1.807) is 24.4 Å². The lowest BCUT2D eigenvalue weighted by Crippen LogP contribution is -2.26. The molecule has 136 valence electrons. The number of benzene rings is 2. The first-order valence-electron chi connectivity index (χ1n) is 8.04. The van der Waals surface area contributed by atoms with Crippen LogP contribution in [0.4, 0.5) is 0 Å². The number of halogens is 2. The molecule has 1 heterocycles. The molecule has 0 aliphatic carbocycles. The minimum Gasteiger partial charge on any atom is -0.482 e. The van der Waals surface area contributed by atoms with Gasteiger partial charge in [0.25, 0.3) is 5.91 Å². The van der Waals surface area contributed by atoms with Gasteiger partial charge in [0.15, 0.2) is 6.61 Å². The van der Waals surface area contributed by atoms with Crippen LogP contribution in [0.3, 0.4) is 0 Å². The van der Waals surface area contributed by atoms with E-state index >= 15 is 0 Å². The number of rotatable bonds is 6. The van der Waals surface area contributed by atoms with Crippen LogP contribution < -0.4 is 10.2 Å². The summed E-state index contributed by atoms with van der Waals surface area (Å²) in [6.07, 6.45) is 1.67. The molecule has 7 heteroatoms. The van der Waals surface area contributed by atoms with Gasteiger partial charge in [-0.2, -0.15) is 5.10 Å². The summed E-state index contributed by atoms with van der Waals surface area (Å²) in [5.41, 5.74) is 4.52. The molecule has 0 unspecified atom stereocenters. The highest BCUT2D eigenvalue weighted by atomic mass is 35.5. The maximum absolute atomic E-state index is 12.1. The highest BCUT2D eigenvalue weighted by Gasteiger charge is 2.10. The van der Waals surface area contributed by atoms with Gasteiger partial charge in [-0.1, -0.05) is 59.6 Å². The Morgan fingerprint density at radius 3 is 2.52 bits per heavy atom. The second-order valence-corrected chi connectivity index (χ2v) is 6.28. The number of carbonyl (C=O) groups excluding carboxylic acids is 1. The van der Waals surface area contributed by atoms with Crippen LogP contribution in [0.15, 0.2) is 78.0 Å². The van der Waals surface area contributed by atoms with E-state index in [-0.39, 0.29) is 6.61 Å². The van der Waals surface area contributed by atoms with Gasteiger partial charge < -0.3 is 4.74 Å². The molecular weight excluding hydrogens is 385 g/mol. The summed E-state index contributed by atoms with van der Waals surface area (Å²) in [7, 11) is 0. The van der Waals surface area contributed by atoms with Crippen molar-refractivity contribution in [3.8, 4) is 5.75 Å². The SMILES string of the molecule is O=C(COc1ccc(Cl)cc1Cl)N/N=C(/c1ccccc1)c1ccccn1. The Morgan fingerprint density at radius 1 is 1.04 bits per heavy atom. The van der Waals surface area contributed by atoms with Gasteiger partial charge in [0, 0.05) is 16.8 Å². The summed E-state index contributed by atoms with van der Waals surface area (Å²) in [6, 6.07) is 19.7. The van der Waals surface area contributed by atoms with Crippen LogP contribution in [0, 0.1) is 0 Å². The van der Waals surface area contributed by atoms with Gasteiger partial charge in [-0.25, -0.2) is 5.43 Å². The molecule has 0 aliphatic heterocycles. The van der Waals surface area contributed by atoms with Crippen molar-refractivity contribution in [3.05, 3.63) is 94.2 Å². The number of hydrogen-bond acceptors (Lipinski definition) is 4. The van der Waals surface area contributed by atoms with E-state index in [0.717, 1.165) is 5.56 Å². The van der Waals surface area contributed by atoms with Gasteiger partial charge in [-0.15, -0.1) is 0 Å². The molecule has 1 amide bonds. The van der Waals surface area contributed by atoms with Crippen LogP contribution in [0.1, 0.15) is 11.3 Å². The fourth-order valence-corrected chi connectivity index (χ4v) is 2.72. The molecule has 27 heavy (non-hydrogen) atoms. The van der Waals surface area contributed by atoms with Crippen molar-refractivity contribution in [1.29, 1.82) is 0 Å². The highest BCUT2D eigenvalue weighted by Crippen LogP contribution is 2.27. The van der Waals surface area contributed by atoms with Crippen LogP contribution in [0.25, 0.3) is 0 Å². The Balaban J connectivity index is 1.71. The first-order valence-corrected chi connectivity index (χ1v) is 8.80. The zero-order valence-corrected chi connectivity index (χ0v) is 15.6. The number of pyridine rings is 1. The van der Waals surface area contributed by atoms with Crippen molar-refractivity contribution >= 4 is 34.8 Å². The van der Waals surface area contributed by atoms with Crippen LogP contribution in [0.2, 0.25) is 10.0 Å². The van der Waals surface area contributed by atoms with Gasteiger partial charge in [0.2, 0.25) is 0 Å². The van der Waals surface area contributed by atoms with Crippen molar-refractivity contribution < 1.29 is 9.53 Å². The summed E-state index contributed by atoms with van der Waals surface area (Å²) >= 11 is 11.9. The molecule has 1 aromatic heterocycles. The van der Waals surface area contributed by atoms with E-state index in [2.05, 4.69) is 15.5 Å². The number of hydrazone groups is 1. The summed E-state index contributed by atoms with van der Waals surface area (Å²) in [5.74, 6) is -0.0569. The number of ether oxygens (including phenoxy) is 1. The minimum atomic E-state index is -0.426. The quantitative estimate of drug-likeness (QED) is 0.495. The molecule has 0 spiro atoms. The summed E-state index contributed by atoms with van der Waals surface area (Å²) in [6.45, 7) is -0.241. The minimum absolute atomic E-state index is 0.241. The maximum Gasteiger partial charge on any atom is 0.277 e. The standard InChI is InChI=1S/C20H15Cl2N3O2/c21-15-9-10-18(16(22)12-15)27-13-19(26)24-25-20(14-6-2-1-3-7-14)17-8-4-5-11-23-17/h1-12H,13H2,(H,24,26)/b25-20-. The van der Waals surface area contributed by atoms with Crippen molar-refractivity contribution in [1.82, 2.24) is 10.4 Å². The van der Waals surface area contributed by atoms with Crippen LogP contribution >= 0.6 is 23.2 Å². The molecule has 0 saturated heterocycles. The van der Waals surface area contributed by atoms with Crippen molar-refractivity contribution in [2.24, 2.45) is 5.10 Å². The van der Waals surface area contributed by atoms with Crippen molar-refractivity contribution in [2.75, 3.05) is 6.61 Å². The summed E-state index contributed by atoms with van der Waals surface area (Å²) < 4.78 is 5.41. The third-order valence-corrected chi connectivity index (χ3v) is 4.03. The Kier molecular flexibility index (Phi) is 6.41. The molecular formula is C20H15Cl2N3O2. The number of nitrogens with one attached hydrogen (secondary N) is 1. The van der Waals surface area contributed by atoms with Gasteiger partial charge in [0.1, 0.15) is 11.5 Å². The molecule has 0 fully saturated rings. The number of aromatic nitrogens is 1. The molecule has 3 aromatic rings. The van der Waals surface area contributed by atoms with Gasteiger partial charge in [-0.05, 0) is 30.3 Å². The van der Waals surface area contributed by atoms with Crippen molar-refractivity contribution in [3.63, 3.8) is 0 Å². The molecule has 0 aliphatic rings. The largest absolute Gasteiger partial charge is 0.482 e. The molecule has 2 aromatic carbocycles. The summed E-state index contributed by atoms with van der Waals surface area (Å²) in [5, 5.41) is 5.05. The Hall–Kier alpha value is -2.89. The van der Waals surface area contributed by atoms with Crippen LogP contribution in [-0.4, -0.2) is 23.2 Å². The van der Waals surface area contributed by atoms with Gasteiger partial charge in [-0.3, -0.25) is 9.78 Å². The number of nitrogens with zero attached hydrogens (tertiary/aromatic N) is 2. The first-order chi connectivity index (χ1) is 13.1. The normalized spacial score (nSPS) is 11.1.